The van der Waals surface area contributed by atoms with Crippen molar-refractivity contribution in [3.05, 3.63) is 66.1 Å². The number of likely N-dealkylation sites (tertiary alicyclic amines) is 1. The van der Waals surface area contributed by atoms with Gasteiger partial charge in [0.05, 0.1) is 36.1 Å². The molecular weight excluding hydrogens is 456 g/mol. The first kappa shape index (κ1) is 25.5. The summed E-state index contributed by atoms with van der Waals surface area (Å²) in [5.41, 5.74) is 4.15. The number of nitrogens with zero attached hydrogens (tertiary/aromatic N) is 5. The molecule has 0 radical (unpaired) electrons. The molecule has 0 unspecified atom stereocenters. The van der Waals surface area contributed by atoms with E-state index in [4.69, 9.17) is 0 Å². The van der Waals surface area contributed by atoms with Gasteiger partial charge in [0.1, 0.15) is 12.1 Å². The first-order chi connectivity index (χ1) is 17.3. The maximum Gasteiger partial charge on any atom is 0.246 e. The van der Waals surface area contributed by atoms with Crippen molar-refractivity contribution in [3.63, 3.8) is 0 Å². The van der Waals surface area contributed by atoms with Crippen LogP contribution in [-0.4, -0.2) is 60.5 Å². The number of aliphatic hydroxyl groups excluding tert-OH is 1. The van der Waals surface area contributed by atoms with Crippen LogP contribution in [0.2, 0.25) is 0 Å². The molecule has 1 aromatic carbocycles. The van der Waals surface area contributed by atoms with Gasteiger partial charge in [-0.25, -0.2) is 4.98 Å². The molecule has 2 amide bonds. The van der Waals surface area contributed by atoms with Crippen molar-refractivity contribution in [2.24, 2.45) is 5.92 Å². The number of amides is 2. The van der Waals surface area contributed by atoms with Crippen LogP contribution >= 0.6 is 0 Å². The summed E-state index contributed by atoms with van der Waals surface area (Å²) in [7, 11) is 0. The minimum Gasteiger partial charge on any atom is -0.394 e. The summed E-state index contributed by atoms with van der Waals surface area (Å²) in [4.78, 5) is 41.5. The second-order valence-corrected chi connectivity index (χ2v) is 9.70. The van der Waals surface area contributed by atoms with E-state index in [2.05, 4.69) is 20.3 Å². The number of nitrogens with one attached hydrogen (secondary N) is 1. The predicted octanol–water partition coefficient (Wildman–Crippen LogP) is 2.99. The molecule has 0 spiro atoms. The van der Waals surface area contributed by atoms with Gasteiger partial charge in [-0.2, -0.15) is 0 Å². The van der Waals surface area contributed by atoms with Crippen molar-refractivity contribution >= 4 is 11.8 Å². The number of aliphatic hydroxyl groups is 1. The zero-order valence-electron chi connectivity index (χ0n) is 21.3. The third-order valence-corrected chi connectivity index (χ3v) is 6.74. The summed E-state index contributed by atoms with van der Waals surface area (Å²) in [5.74, 6) is -0.292. The van der Waals surface area contributed by atoms with E-state index in [1.165, 1.54) is 0 Å². The van der Waals surface area contributed by atoms with Gasteiger partial charge in [-0.05, 0) is 38.2 Å². The highest BCUT2D eigenvalue weighted by Crippen LogP contribution is 2.28. The molecule has 3 aromatic rings. The van der Waals surface area contributed by atoms with E-state index in [0.717, 1.165) is 34.6 Å². The lowest BCUT2D eigenvalue weighted by molar-refractivity contribution is -0.142. The van der Waals surface area contributed by atoms with Crippen LogP contribution in [0.1, 0.15) is 55.7 Å². The quantitative estimate of drug-likeness (QED) is 0.502. The van der Waals surface area contributed by atoms with Crippen molar-refractivity contribution in [2.75, 3.05) is 13.2 Å². The number of carbonyl (C=O) groups is 2. The lowest BCUT2D eigenvalue weighted by Crippen LogP contribution is -2.49. The van der Waals surface area contributed by atoms with Crippen molar-refractivity contribution in [3.8, 4) is 11.3 Å². The molecule has 1 aliphatic rings. The topological polar surface area (TPSA) is 113 Å². The number of aryl methyl sites for hydroxylation is 2. The highest BCUT2D eigenvalue weighted by atomic mass is 16.3. The number of aromatic nitrogens is 4. The van der Waals surface area contributed by atoms with Gasteiger partial charge in [-0.15, -0.1) is 0 Å². The largest absolute Gasteiger partial charge is 0.394 e. The Morgan fingerprint density at radius 2 is 1.83 bits per heavy atom. The first-order valence-electron chi connectivity index (χ1n) is 12.4. The monoisotopic (exact) mass is 490 g/mol. The molecule has 1 aliphatic heterocycles. The number of hydrogen-bond acceptors (Lipinski definition) is 6. The summed E-state index contributed by atoms with van der Waals surface area (Å²) in [6.07, 6.45) is 8.20. The third kappa shape index (κ3) is 5.31. The van der Waals surface area contributed by atoms with Gasteiger partial charge in [0.15, 0.2) is 0 Å². The average Bonchev–Trinajstić information content (AvgIpc) is 3.52. The zero-order chi connectivity index (χ0) is 25.8. The van der Waals surface area contributed by atoms with Crippen molar-refractivity contribution in [2.45, 2.75) is 58.7 Å². The minimum atomic E-state index is -0.579. The molecule has 1 fully saturated rings. The van der Waals surface area contributed by atoms with E-state index in [0.29, 0.717) is 13.0 Å². The number of carbonyl (C=O) groups excluding carboxylic acids is 2. The van der Waals surface area contributed by atoms with Gasteiger partial charge in [0.25, 0.3) is 0 Å². The summed E-state index contributed by atoms with van der Waals surface area (Å²) in [5, 5.41) is 13.0. The van der Waals surface area contributed by atoms with E-state index in [1.807, 2.05) is 62.7 Å². The molecule has 0 aliphatic carbocycles. The van der Waals surface area contributed by atoms with Gasteiger partial charge in [-0.3, -0.25) is 19.6 Å². The highest BCUT2D eigenvalue weighted by molar-refractivity contribution is 5.90. The van der Waals surface area contributed by atoms with Crippen LogP contribution in [0.4, 0.5) is 0 Å². The fourth-order valence-electron chi connectivity index (χ4n) is 4.89. The molecule has 0 bridgehead atoms. The maximum atomic E-state index is 13.6. The Balaban J connectivity index is 1.48. The van der Waals surface area contributed by atoms with Crippen LogP contribution in [0, 0.1) is 19.8 Å². The van der Waals surface area contributed by atoms with Gasteiger partial charge >= 0.3 is 0 Å². The molecule has 4 rings (SSSR count). The Hall–Kier alpha value is -3.59. The van der Waals surface area contributed by atoms with Gasteiger partial charge in [0.2, 0.25) is 11.8 Å². The molecule has 36 heavy (non-hydrogen) atoms. The highest BCUT2D eigenvalue weighted by Gasteiger charge is 2.39. The van der Waals surface area contributed by atoms with Crippen LogP contribution in [0.5, 0.6) is 0 Å². The van der Waals surface area contributed by atoms with Crippen LogP contribution < -0.4 is 5.32 Å². The Bertz CT molecular complexity index is 1210. The lowest BCUT2D eigenvalue weighted by atomic mass is 10.0. The first-order valence-corrected chi connectivity index (χ1v) is 12.4. The molecule has 2 aromatic heterocycles. The SMILES string of the molecule is Cc1cn([C@H](C(=O)N2CCC[C@H]2C(=O)N[C@@H](CO)c2ccc(-c3nccnc3C)cc2)C(C)C)cn1. The van der Waals surface area contributed by atoms with Crippen LogP contribution in [-0.2, 0) is 9.59 Å². The molecule has 9 nitrogen and oxygen atoms in total. The van der Waals surface area contributed by atoms with Crippen molar-refractivity contribution in [1.82, 2.24) is 29.7 Å². The van der Waals surface area contributed by atoms with Crippen molar-refractivity contribution < 1.29 is 14.7 Å². The average molecular weight is 491 g/mol. The van der Waals surface area contributed by atoms with E-state index in [9.17, 15) is 14.7 Å². The van der Waals surface area contributed by atoms with Crippen LogP contribution in [0.3, 0.4) is 0 Å². The summed E-state index contributed by atoms with van der Waals surface area (Å²) >= 11 is 0. The molecule has 0 saturated carbocycles. The second kappa shape index (κ2) is 11.0. The van der Waals surface area contributed by atoms with Crippen LogP contribution in [0.25, 0.3) is 11.3 Å². The summed E-state index contributed by atoms with van der Waals surface area (Å²) in [6, 6.07) is 5.99. The molecule has 9 heteroatoms. The van der Waals surface area contributed by atoms with Gasteiger partial charge in [-0.1, -0.05) is 38.1 Å². The predicted molar refractivity (Wildman–Crippen MR) is 136 cm³/mol. The smallest absolute Gasteiger partial charge is 0.246 e. The zero-order valence-corrected chi connectivity index (χ0v) is 21.3. The normalized spacial score (nSPS) is 17.3. The van der Waals surface area contributed by atoms with Crippen molar-refractivity contribution in [1.29, 1.82) is 0 Å². The third-order valence-electron chi connectivity index (χ3n) is 6.74. The molecule has 3 atom stereocenters. The Kier molecular flexibility index (Phi) is 7.79. The lowest BCUT2D eigenvalue weighted by Gasteiger charge is -2.31. The fourth-order valence-corrected chi connectivity index (χ4v) is 4.89. The van der Waals surface area contributed by atoms with E-state index in [1.54, 1.807) is 23.6 Å². The van der Waals surface area contributed by atoms with Gasteiger partial charge in [0, 0.05) is 30.7 Å². The second-order valence-electron chi connectivity index (χ2n) is 9.70. The number of hydrogen-bond donors (Lipinski definition) is 2. The van der Waals surface area contributed by atoms with E-state index in [-0.39, 0.29) is 24.3 Å². The maximum absolute atomic E-state index is 13.6. The van der Waals surface area contributed by atoms with Crippen LogP contribution in [0.15, 0.2) is 49.2 Å². The minimum absolute atomic E-state index is 0.0389. The standard InChI is InChI=1S/C27H34N6O3/c1-17(2)25(32-14-18(3)30-16-32)27(36)33-13-5-6-23(33)26(35)31-22(15-34)20-7-9-21(10-8-20)24-19(4)28-11-12-29-24/h7-12,14,16-17,22-23,25,34H,5-6,13,15H2,1-4H3,(H,31,35)/t22-,23-,25-/m0/s1. The molecule has 190 valence electrons. The molecule has 3 heterocycles. The molecule has 2 N–H and O–H groups in total. The number of benzene rings is 1. The number of imidazole rings is 1. The summed E-state index contributed by atoms with van der Waals surface area (Å²) < 4.78 is 1.84. The van der Waals surface area contributed by atoms with E-state index < -0.39 is 18.1 Å². The molecule has 1 saturated heterocycles. The Morgan fingerprint density at radius 3 is 2.44 bits per heavy atom. The Morgan fingerprint density at radius 1 is 1.11 bits per heavy atom. The summed E-state index contributed by atoms with van der Waals surface area (Å²) in [6.45, 7) is 8.07. The fraction of sp³-hybridized carbons (Fsp3) is 0.444. The van der Waals surface area contributed by atoms with Gasteiger partial charge < -0.3 is 19.9 Å². The van der Waals surface area contributed by atoms with E-state index >= 15 is 0 Å². The molecular formula is C27H34N6O3. The number of rotatable bonds is 8. The Labute approximate surface area is 211 Å².